The fourth-order valence-corrected chi connectivity index (χ4v) is 3.80. The van der Waals surface area contributed by atoms with Gasteiger partial charge in [-0.2, -0.15) is 0 Å². The number of benzene rings is 2. The molecule has 33 heavy (non-hydrogen) atoms. The summed E-state index contributed by atoms with van der Waals surface area (Å²) in [6.07, 6.45) is 2.96. The van der Waals surface area contributed by atoms with Gasteiger partial charge in [0.2, 0.25) is 0 Å². The van der Waals surface area contributed by atoms with Crippen molar-refractivity contribution in [1.29, 1.82) is 0 Å². The van der Waals surface area contributed by atoms with Gasteiger partial charge >= 0.3 is 5.69 Å². The summed E-state index contributed by atoms with van der Waals surface area (Å²) in [4.78, 5) is 41.5. The third kappa shape index (κ3) is 4.00. The highest BCUT2D eigenvalue weighted by Crippen LogP contribution is 2.20. The summed E-state index contributed by atoms with van der Waals surface area (Å²) in [5, 5.41) is 11.1. The van der Waals surface area contributed by atoms with E-state index >= 15 is 0 Å². The summed E-state index contributed by atoms with van der Waals surface area (Å²) in [5.41, 5.74) is 1.77. The zero-order chi connectivity index (χ0) is 23.7. The second-order valence-electron chi connectivity index (χ2n) is 8.04. The smallest absolute Gasteiger partial charge is 0.320 e. The maximum atomic E-state index is 13.3. The van der Waals surface area contributed by atoms with Gasteiger partial charge in [-0.15, -0.1) is 6.58 Å². The summed E-state index contributed by atoms with van der Waals surface area (Å²) in [6, 6.07) is 13.7. The number of hydrogen-bond donors (Lipinski definition) is 0. The van der Waals surface area contributed by atoms with E-state index in [2.05, 4.69) is 25.4 Å². The fourth-order valence-electron chi connectivity index (χ4n) is 3.80. The Bertz CT molecular complexity index is 1480. The molecule has 0 aliphatic carbocycles. The predicted octanol–water partition coefficient (Wildman–Crippen LogP) is 3.61. The van der Waals surface area contributed by atoms with E-state index in [1.807, 2.05) is 24.3 Å². The van der Waals surface area contributed by atoms with E-state index in [-0.39, 0.29) is 29.9 Å². The first-order valence-corrected chi connectivity index (χ1v) is 10.5. The van der Waals surface area contributed by atoms with Crippen LogP contribution in [0.4, 0.5) is 5.69 Å². The molecule has 0 aliphatic heterocycles. The molecule has 4 rings (SSSR count). The number of fused-ring (bicyclic) bond motifs is 1. The van der Waals surface area contributed by atoms with E-state index in [0.717, 1.165) is 10.1 Å². The zero-order valence-corrected chi connectivity index (χ0v) is 18.3. The first-order valence-electron chi connectivity index (χ1n) is 10.5. The van der Waals surface area contributed by atoms with E-state index in [4.69, 9.17) is 0 Å². The maximum absolute atomic E-state index is 13.3. The monoisotopic (exact) mass is 445 g/mol. The lowest BCUT2D eigenvalue weighted by Gasteiger charge is -2.13. The summed E-state index contributed by atoms with van der Waals surface area (Å²) < 4.78 is 4.13. The van der Waals surface area contributed by atoms with Crippen molar-refractivity contribution in [3.63, 3.8) is 0 Å². The standard InChI is InChI=1S/C24H23N5O4/c1-4-12-27-23(30)21-22(28(24(27)31)19-10-8-18(9-11-19)16(2)3)25-15-26(21)14-17-6-5-7-20(13-17)29(32)33/h4-11,13,15-16H,1,12,14H2,2-3H3. The van der Waals surface area contributed by atoms with E-state index in [1.54, 1.807) is 16.7 Å². The Morgan fingerprint density at radius 3 is 2.52 bits per heavy atom. The number of allylic oxidation sites excluding steroid dienone is 1. The molecule has 0 bridgehead atoms. The third-order valence-electron chi connectivity index (χ3n) is 5.50. The van der Waals surface area contributed by atoms with Crippen LogP contribution in [0.15, 0.2) is 77.1 Å². The summed E-state index contributed by atoms with van der Waals surface area (Å²) in [7, 11) is 0. The number of imidazole rings is 1. The van der Waals surface area contributed by atoms with Gasteiger partial charge in [0.1, 0.15) is 0 Å². The summed E-state index contributed by atoms with van der Waals surface area (Å²) in [6.45, 7) is 8.05. The van der Waals surface area contributed by atoms with Crippen LogP contribution in [0.5, 0.6) is 0 Å². The second kappa shape index (κ2) is 8.70. The lowest BCUT2D eigenvalue weighted by atomic mass is 10.0. The van der Waals surface area contributed by atoms with Crippen LogP contribution in [0.25, 0.3) is 16.9 Å². The third-order valence-corrected chi connectivity index (χ3v) is 5.50. The van der Waals surface area contributed by atoms with Crippen LogP contribution in [0.3, 0.4) is 0 Å². The largest absolute Gasteiger partial charge is 0.337 e. The number of nitrogens with zero attached hydrogens (tertiary/aromatic N) is 5. The van der Waals surface area contributed by atoms with Gasteiger partial charge in [0.15, 0.2) is 11.2 Å². The molecule has 9 heteroatoms. The Kier molecular flexibility index (Phi) is 5.78. The quantitative estimate of drug-likeness (QED) is 0.245. The van der Waals surface area contributed by atoms with Gasteiger partial charge in [-0.25, -0.2) is 14.3 Å². The van der Waals surface area contributed by atoms with Crippen molar-refractivity contribution in [2.24, 2.45) is 0 Å². The van der Waals surface area contributed by atoms with Crippen LogP contribution < -0.4 is 11.2 Å². The Labute approximate surface area is 189 Å². The van der Waals surface area contributed by atoms with Gasteiger partial charge in [-0.05, 0) is 29.2 Å². The highest BCUT2D eigenvalue weighted by Gasteiger charge is 2.19. The molecular weight excluding hydrogens is 422 g/mol. The highest BCUT2D eigenvalue weighted by molar-refractivity contribution is 5.72. The summed E-state index contributed by atoms with van der Waals surface area (Å²) in [5.74, 6) is 0.333. The fraction of sp³-hybridized carbons (Fsp3) is 0.208. The lowest BCUT2D eigenvalue weighted by molar-refractivity contribution is -0.384. The molecule has 9 nitrogen and oxygen atoms in total. The van der Waals surface area contributed by atoms with Crippen molar-refractivity contribution in [3.8, 4) is 5.69 Å². The highest BCUT2D eigenvalue weighted by atomic mass is 16.6. The molecule has 0 N–H and O–H groups in total. The Hall–Kier alpha value is -4.27. The Morgan fingerprint density at radius 1 is 1.15 bits per heavy atom. The topological polar surface area (TPSA) is 105 Å². The van der Waals surface area contributed by atoms with Crippen molar-refractivity contribution in [2.75, 3.05) is 0 Å². The Morgan fingerprint density at radius 2 is 1.88 bits per heavy atom. The van der Waals surface area contributed by atoms with Gasteiger partial charge in [0.25, 0.3) is 11.2 Å². The van der Waals surface area contributed by atoms with Gasteiger partial charge in [-0.3, -0.25) is 19.5 Å². The van der Waals surface area contributed by atoms with E-state index in [1.165, 1.54) is 29.1 Å². The number of aromatic nitrogens is 4. The molecule has 0 fully saturated rings. The van der Waals surface area contributed by atoms with Crippen LogP contribution in [0, 0.1) is 10.1 Å². The van der Waals surface area contributed by atoms with Crippen LogP contribution in [0.1, 0.15) is 30.9 Å². The van der Waals surface area contributed by atoms with Crippen molar-refractivity contribution >= 4 is 16.9 Å². The zero-order valence-electron chi connectivity index (χ0n) is 18.3. The van der Waals surface area contributed by atoms with E-state index in [9.17, 15) is 19.7 Å². The Balaban J connectivity index is 1.93. The molecule has 168 valence electrons. The second-order valence-corrected chi connectivity index (χ2v) is 8.04. The van der Waals surface area contributed by atoms with Gasteiger partial charge < -0.3 is 4.57 Å². The van der Waals surface area contributed by atoms with Crippen LogP contribution in [-0.4, -0.2) is 23.6 Å². The minimum atomic E-state index is -0.509. The molecule has 0 aliphatic rings. The minimum Gasteiger partial charge on any atom is -0.320 e. The van der Waals surface area contributed by atoms with Crippen molar-refractivity contribution in [1.82, 2.24) is 18.7 Å². The average molecular weight is 445 g/mol. The maximum Gasteiger partial charge on any atom is 0.337 e. The molecule has 2 aromatic carbocycles. The summed E-state index contributed by atoms with van der Waals surface area (Å²) >= 11 is 0. The molecule has 0 radical (unpaired) electrons. The first-order chi connectivity index (χ1) is 15.8. The lowest BCUT2D eigenvalue weighted by Crippen LogP contribution is -2.39. The van der Waals surface area contributed by atoms with Crippen LogP contribution in [0.2, 0.25) is 0 Å². The van der Waals surface area contributed by atoms with Crippen molar-refractivity contribution in [3.05, 3.63) is 110 Å². The van der Waals surface area contributed by atoms with E-state index in [0.29, 0.717) is 17.2 Å². The number of rotatable bonds is 7. The molecule has 0 saturated carbocycles. The number of hydrogen-bond acceptors (Lipinski definition) is 5. The predicted molar refractivity (Wildman–Crippen MR) is 126 cm³/mol. The number of non-ortho nitro benzene ring substituents is 1. The van der Waals surface area contributed by atoms with Gasteiger partial charge in [-0.1, -0.05) is 44.2 Å². The minimum absolute atomic E-state index is 0.0388. The van der Waals surface area contributed by atoms with Crippen LogP contribution >= 0.6 is 0 Å². The van der Waals surface area contributed by atoms with E-state index < -0.39 is 16.2 Å². The van der Waals surface area contributed by atoms with Crippen molar-refractivity contribution in [2.45, 2.75) is 32.9 Å². The van der Waals surface area contributed by atoms with Crippen LogP contribution in [-0.2, 0) is 13.1 Å². The molecule has 0 amide bonds. The number of nitro benzene ring substituents is 1. The average Bonchev–Trinajstić information content (AvgIpc) is 3.20. The molecular formula is C24H23N5O4. The van der Waals surface area contributed by atoms with Gasteiger partial charge in [0, 0.05) is 25.2 Å². The molecule has 4 aromatic rings. The number of nitro groups is 1. The normalized spacial score (nSPS) is 11.2. The van der Waals surface area contributed by atoms with Crippen molar-refractivity contribution < 1.29 is 4.92 Å². The molecule has 0 spiro atoms. The molecule has 2 aromatic heterocycles. The molecule has 0 unspecified atom stereocenters. The van der Waals surface area contributed by atoms with Gasteiger partial charge in [0.05, 0.1) is 16.9 Å². The molecule has 0 atom stereocenters. The first kappa shape index (κ1) is 21.9. The SMILES string of the molecule is C=CCn1c(=O)c2c(ncn2Cc2cccc([N+](=O)[O-])c2)n(-c2ccc(C(C)C)cc2)c1=O. The molecule has 2 heterocycles. The molecule has 0 saturated heterocycles.